The standard InChI is InChI=1S/C16H26ClN3O/c1-12(13-6-8-14(17)9-7-13)19-11-5-4-10-16(2,3)15(18)20-21/h6-9,12,19,21H,4-5,10-11H2,1-3H3,(H2,18,20). The van der Waals surface area contributed by atoms with Gasteiger partial charge in [-0.15, -0.1) is 0 Å². The molecule has 1 unspecified atom stereocenters. The Morgan fingerprint density at radius 1 is 1.33 bits per heavy atom. The summed E-state index contributed by atoms with van der Waals surface area (Å²) in [5.41, 5.74) is 6.65. The molecule has 0 aliphatic heterocycles. The lowest BCUT2D eigenvalue weighted by Crippen LogP contribution is -2.32. The van der Waals surface area contributed by atoms with E-state index in [1.165, 1.54) is 5.56 Å². The number of halogens is 1. The van der Waals surface area contributed by atoms with Gasteiger partial charge in [0.2, 0.25) is 0 Å². The first-order valence-corrected chi connectivity index (χ1v) is 7.71. The molecule has 118 valence electrons. The van der Waals surface area contributed by atoms with E-state index in [9.17, 15) is 0 Å². The summed E-state index contributed by atoms with van der Waals surface area (Å²) in [7, 11) is 0. The van der Waals surface area contributed by atoms with Gasteiger partial charge in [-0.2, -0.15) is 0 Å². The summed E-state index contributed by atoms with van der Waals surface area (Å²) in [6, 6.07) is 8.21. The molecule has 0 aromatic heterocycles. The van der Waals surface area contributed by atoms with Crippen LogP contribution in [0.1, 0.15) is 51.6 Å². The fraction of sp³-hybridized carbons (Fsp3) is 0.562. The minimum atomic E-state index is -0.253. The number of nitrogens with one attached hydrogen (secondary N) is 1. The second-order valence-corrected chi connectivity index (χ2v) is 6.49. The summed E-state index contributed by atoms with van der Waals surface area (Å²) in [4.78, 5) is 0. The van der Waals surface area contributed by atoms with E-state index in [4.69, 9.17) is 22.5 Å². The molecule has 1 rings (SSSR count). The molecule has 0 bridgehead atoms. The Kier molecular flexibility index (Phi) is 6.99. The Morgan fingerprint density at radius 3 is 2.52 bits per heavy atom. The van der Waals surface area contributed by atoms with Gasteiger partial charge in [0.1, 0.15) is 5.84 Å². The molecule has 0 spiro atoms. The maximum absolute atomic E-state index is 8.73. The number of benzene rings is 1. The Morgan fingerprint density at radius 2 is 1.95 bits per heavy atom. The maximum Gasteiger partial charge on any atom is 0.144 e. The van der Waals surface area contributed by atoms with Crippen molar-refractivity contribution in [1.29, 1.82) is 0 Å². The molecule has 1 atom stereocenters. The summed E-state index contributed by atoms with van der Waals surface area (Å²) in [6.45, 7) is 7.07. The first-order chi connectivity index (χ1) is 9.86. The second kappa shape index (κ2) is 8.25. The van der Waals surface area contributed by atoms with Crippen LogP contribution in [0.25, 0.3) is 0 Å². The van der Waals surface area contributed by atoms with E-state index in [1.54, 1.807) is 0 Å². The van der Waals surface area contributed by atoms with E-state index >= 15 is 0 Å². The molecule has 1 aromatic carbocycles. The fourth-order valence-electron chi connectivity index (χ4n) is 2.14. The second-order valence-electron chi connectivity index (χ2n) is 6.05. The van der Waals surface area contributed by atoms with Gasteiger partial charge >= 0.3 is 0 Å². The van der Waals surface area contributed by atoms with Gasteiger partial charge in [0.25, 0.3) is 0 Å². The number of hydrogen-bond donors (Lipinski definition) is 3. The summed E-state index contributed by atoms with van der Waals surface area (Å²) in [6.07, 6.45) is 2.99. The van der Waals surface area contributed by atoms with Gasteiger partial charge in [-0.1, -0.05) is 49.2 Å². The minimum Gasteiger partial charge on any atom is -0.409 e. The Bertz CT molecular complexity index is 457. The lowest BCUT2D eigenvalue weighted by Gasteiger charge is -2.22. The van der Waals surface area contributed by atoms with Crippen LogP contribution >= 0.6 is 11.6 Å². The largest absolute Gasteiger partial charge is 0.409 e. The number of nitrogens with zero attached hydrogens (tertiary/aromatic N) is 1. The number of nitrogens with two attached hydrogens (primary N) is 1. The van der Waals surface area contributed by atoms with Crippen LogP contribution in [0.15, 0.2) is 29.4 Å². The first kappa shape index (κ1) is 17.8. The summed E-state index contributed by atoms with van der Waals surface area (Å²) in [5.74, 6) is 0.296. The number of amidine groups is 1. The highest BCUT2D eigenvalue weighted by Crippen LogP contribution is 2.23. The van der Waals surface area contributed by atoms with Crippen molar-refractivity contribution >= 4 is 17.4 Å². The van der Waals surface area contributed by atoms with Crippen LogP contribution in [0.4, 0.5) is 0 Å². The lowest BCUT2D eigenvalue weighted by atomic mass is 9.86. The zero-order valence-electron chi connectivity index (χ0n) is 13.1. The van der Waals surface area contributed by atoms with Gasteiger partial charge in [0.15, 0.2) is 0 Å². The third-order valence-electron chi connectivity index (χ3n) is 3.85. The summed E-state index contributed by atoms with van der Waals surface area (Å²) >= 11 is 5.88. The van der Waals surface area contributed by atoms with Gasteiger partial charge in [0, 0.05) is 16.5 Å². The Balaban J connectivity index is 2.27. The van der Waals surface area contributed by atoms with Crippen molar-refractivity contribution in [3.63, 3.8) is 0 Å². The zero-order chi connectivity index (χ0) is 15.9. The van der Waals surface area contributed by atoms with Crippen LogP contribution in [0.3, 0.4) is 0 Å². The van der Waals surface area contributed by atoms with Gasteiger partial charge in [-0.3, -0.25) is 0 Å². The number of unbranched alkanes of at least 4 members (excludes halogenated alkanes) is 1. The van der Waals surface area contributed by atoms with Crippen LogP contribution in [-0.2, 0) is 0 Å². The van der Waals surface area contributed by atoms with Gasteiger partial charge in [0.05, 0.1) is 0 Å². The van der Waals surface area contributed by atoms with E-state index < -0.39 is 0 Å². The Hall–Kier alpha value is -1.26. The molecule has 1 aromatic rings. The smallest absolute Gasteiger partial charge is 0.144 e. The van der Waals surface area contributed by atoms with E-state index in [-0.39, 0.29) is 5.41 Å². The van der Waals surface area contributed by atoms with Crippen molar-refractivity contribution in [2.24, 2.45) is 16.3 Å². The first-order valence-electron chi connectivity index (χ1n) is 7.33. The SMILES string of the molecule is CC(NCCCCC(C)(C)/C(N)=N/O)c1ccc(Cl)cc1. The average Bonchev–Trinajstić information content (AvgIpc) is 2.46. The third-order valence-corrected chi connectivity index (χ3v) is 4.10. The summed E-state index contributed by atoms with van der Waals surface area (Å²) in [5, 5.41) is 16.1. The van der Waals surface area contributed by atoms with Crippen LogP contribution < -0.4 is 11.1 Å². The highest BCUT2D eigenvalue weighted by molar-refractivity contribution is 6.30. The monoisotopic (exact) mass is 311 g/mol. The molecular formula is C16H26ClN3O. The van der Waals surface area contributed by atoms with Gasteiger partial charge in [-0.05, 0) is 44.0 Å². The quantitative estimate of drug-likeness (QED) is 0.224. The van der Waals surface area contributed by atoms with Crippen molar-refractivity contribution in [1.82, 2.24) is 5.32 Å². The third kappa shape index (κ3) is 5.94. The molecule has 0 heterocycles. The molecular weight excluding hydrogens is 286 g/mol. The van der Waals surface area contributed by atoms with Crippen molar-refractivity contribution < 1.29 is 5.21 Å². The van der Waals surface area contributed by atoms with E-state index in [2.05, 4.69) is 17.4 Å². The highest BCUT2D eigenvalue weighted by Gasteiger charge is 2.22. The molecule has 0 radical (unpaired) electrons. The maximum atomic E-state index is 8.73. The zero-order valence-corrected chi connectivity index (χ0v) is 13.8. The normalized spacial score (nSPS) is 14.2. The fourth-order valence-corrected chi connectivity index (χ4v) is 2.27. The topological polar surface area (TPSA) is 70.6 Å². The molecule has 0 aliphatic rings. The van der Waals surface area contributed by atoms with Crippen LogP contribution in [0.2, 0.25) is 5.02 Å². The van der Waals surface area contributed by atoms with Crippen molar-refractivity contribution in [3.8, 4) is 0 Å². The van der Waals surface area contributed by atoms with Crippen molar-refractivity contribution in [2.45, 2.75) is 46.1 Å². The number of hydrogen-bond acceptors (Lipinski definition) is 3. The number of rotatable bonds is 8. The highest BCUT2D eigenvalue weighted by atomic mass is 35.5. The van der Waals surface area contributed by atoms with Crippen LogP contribution in [0, 0.1) is 5.41 Å². The molecule has 4 nitrogen and oxygen atoms in total. The Labute approximate surface area is 132 Å². The molecule has 0 fully saturated rings. The molecule has 5 heteroatoms. The van der Waals surface area contributed by atoms with Crippen LogP contribution in [0.5, 0.6) is 0 Å². The predicted octanol–water partition coefficient (Wildman–Crippen LogP) is 3.93. The van der Waals surface area contributed by atoms with Crippen molar-refractivity contribution in [3.05, 3.63) is 34.9 Å². The lowest BCUT2D eigenvalue weighted by molar-refractivity contribution is 0.304. The van der Waals surface area contributed by atoms with Gasteiger partial charge < -0.3 is 16.3 Å². The van der Waals surface area contributed by atoms with E-state index in [0.29, 0.717) is 11.9 Å². The van der Waals surface area contributed by atoms with E-state index in [0.717, 1.165) is 30.8 Å². The van der Waals surface area contributed by atoms with Crippen molar-refractivity contribution in [2.75, 3.05) is 6.54 Å². The van der Waals surface area contributed by atoms with E-state index in [1.807, 2.05) is 38.1 Å². The van der Waals surface area contributed by atoms with Crippen LogP contribution in [-0.4, -0.2) is 17.6 Å². The average molecular weight is 312 g/mol. The molecule has 0 amide bonds. The predicted molar refractivity (Wildman–Crippen MR) is 88.9 cm³/mol. The molecule has 4 N–H and O–H groups in total. The van der Waals surface area contributed by atoms with Gasteiger partial charge in [-0.25, -0.2) is 0 Å². The minimum absolute atomic E-state index is 0.253. The summed E-state index contributed by atoms with van der Waals surface area (Å²) < 4.78 is 0. The number of oxime groups is 1. The molecule has 0 aliphatic carbocycles. The molecule has 0 saturated heterocycles. The molecule has 0 saturated carbocycles. The molecule has 21 heavy (non-hydrogen) atoms.